The third-order valence-corrected chi connectivity index (χ3v) is 3.93. The van der Waals surface area contributed by atoms with Crippen molar-refractivity contribution in [1.82, 2.24) is 9.97 Å². The van der Waals surface area contributed by atoms with Crippen LogP contribution in [0.5, 0.6) is 0 Å². The highest BCUT2D eigenvalue weighted by Crippen LogP contribution is 2.25. The van der Waals surface area contributed by atoms with Gasteiger partial charge in [-0.05, 0) is 25.7 Å². The molecule has 0 aromatic carbocycles. The first-order valence-corrected chi connectivity index (χ1v) is 8.07. The number of aliphatic hydroxyl groups is 1. The van der Waals surface area contributed by atoms with E-state index in [0.29, 0.717) is 23.3 Å². The lowest BCUT2D eigenvalue weighted by Gasteiger charge is -2.23. The normalized spacial score (nSPS) is 16.8. The van der Waals surface area contributed by atoms with Crippen molar-refractivity contribution in [1.29, 1.82) is 5.41 Å². The molecule has 1 aliphatic carbocycles. The number of rotatable bonds is 5. The van der Waals surface area contributed by atoms with Gasteiger partial charge in [-0.1, -0.05) is 33.1 Å². The molecule has 0 atom stereocenters. The fourth-order valence-electron chi connectivity index (χ4n) is 2.81. The number of allylic oxidation sites excluding steroid dienone is 1. The Hall–Kier alpha value is -1.91. The Morgan fingerprint density at radius 3 is 2.64 bits per heavy atom. The molecule has 5 nitrogen and oxygen atoms in total. The summed E-state index contributed by atoms with van der Waals surface area (Å²) in [6.45, 7) is 5.71. The van der Waals surface area contributed by atoms with Crippen LogP contribution in [0.1, 0.15) is 70.1 Å². The molecule has 0 radical (unpaired) electrons. The van der Waals surface area contributed by atoms with Crippen LogP contribution in [-0.2, 0) is 0 Å². The van der Waals surface area contributed by atoms with E-state index >= 15 is 0 Å². The molecule has 1 aromatic rings. The Labute approximate surface area is 132 Å². The summed E-state index contributed by atoms with van der Waals surface area (Å²) in [6.07, 6.45) is 9.25. The van der Waals surface area contributed by atoms with Crippen molar-refractivity contribution in [2.75, 3.05) is 5.32 Å². The van der Waals surface area contributed by atoms with E-state index in [1.807, 2.05) is 13.8 Å². The Bertz CT molecular complexity index is 560. The van der Waals surface area contributed by atoms with Gasteiger partial charge in [0.2, 0.25) is 5.95 Å². The molecule has 120 valence electrons. The molecule has 0 bridgehead atoms. The number of hydrogen-bond acceptors (Lipinski definition) is 5. The number of aromatic nitrogens is 2. The summed E-state index contributed by atoms with van der Waals surface area (Å²) in [6, 6.07) is 0.451. The Balaban J connectivity index is 2.24. The zero-order valence-corrected chi connectivity index (χ0v) is 13.7. The predicted octanol–water partition coefficient (Wildman–Crippen LogP) is 4.28. The molecule has 0 amide bonds. The summed E-state index contributed by atoms with van der Waals surface area (Å²) in [5, 5.41) is 21.0. The monoisotopic (exact) mass is 302 g/mol. The third kappa shape index (κ3) is 4.29. The molecule has 1 aromatic heterocycles. The van der Waals surface area contributed by atoms with E-state index in [2.05, 4.69) is 15.3 Å². The lowest BCUT2D eigenvalue weighted by molar-refractivity contribution is 0.460. The van der Waals surface area contributed by atoms with Crippen molar-refractivity contribution in [2.24, 2.45) is 0 Å². The van der Waals surface area contributed by atoms with Gasteiger partial charge >= 0.3 is 0 Å². The van der Waals surface area contributed by atoms with Crippen molar-refractivity contribution in [3.8, 4) is 0 Å². The maximum atomic E-state index is 10.2. The second-order valence-corrected chi connectivity index (χ2v) is 6.34. The summed E-state index contributed by atoms with van der Waals surface area (Å²) in [4.78, 5) is 8.95. The summed E-state index contributed by atoms with van der Waals surface area (Å²) >= 11 is 0. The fourth-order valence-corrected chi connectivity index (χ4v) is 2.81. The predicted molar refractivity (Wildman–Crippen MR) is 90.6 cm³/mol. The van der Waals surface area contributed by atoms with Gasteiger partial charge in [-0.15, -0.1) is 0 Å². The van der Waals surface area contributed by atoms with Crippen molar-refractivity contribution >= 4 is 17.4 Å². The van der Waals surface area contributed by atoms with Gasteiger partial charge in [0.1, 0.15) is 5.76 Å². The zero-order chi connectivity index (χ0) is 16.1. The quantitative estimate of drug-likeness (QED) is 0.560. The molecule has 0 unspecified atom stereocenters. The lowest BCUT2D eigenvalue weighted by atomic mass is 9.96. The largest absolute Gasteiger partial charge is 0.507 e. The van der Waals surface area contributed by atoms with E-state index in [0.717, 1.165) is 5.69 Å². The summed E-state index contributed by atoms with van der Waals surface area (Å²) in [5.41, 5.74) is 1.72. The minimum atomic E-state index is 0.0559. The van der Waals surface area contributed by atoms with Crippen LogP contribution < -0.4 is 5.32 Å². The Kier molecular flexibility index (Phi) is 5.52. The van der Waals surface area contributed by atoms with Crippen LogP contribution in [0.2, 0.25) is 0 Å². The van der Waals surface area contributed by atoms with Crippen LogP contribution >= 0.6 is 0 Å². The summed E-state index contributed by atoms with van der Waals surface area (Å²) in [5.74, 6) is 0.866. The first kappa shape index (κ1) is 16.5. The molecule has 2 rings (SSSR count). The van der Waals surface area contributed by atoms with E-state index < -0.39 is 0 Å². The highest BCUT2D eigenvalue weighted by molar-refractivity contribution is 5.95. The third-order valence-electron chi connectivity index (χ3n) is 3.93. The van der Waals surface area contributed by atoms with E-state index in [4.69, 9.17) is 5.41 Å². The van der Waals surface area contributed by atoms with Gasteiger partial charge in [0, 0.05) is 24.0 Å². The molecule has 0 aliphatic heterocycles. The van der Waals surface area contributed by atoms with Gasteiger partial charge in [-0.25, -0.2) is 9.97 Å². The van der Waals surface area contributed by atoms with Gasteiger partial charge in [0.05, 0.1) is 11.3 Å². The van der Waals surface area contributed by atoms with Crippen LogP contribution in [0.15, 0.2) is 12.3 Å². The van der Waals surface area contributed by atoms with Crippen LogP contribution in [0.3, 0.4) is 0 Å². The van der Waals surface area contributed by atoms with Crippen molar-refractivity contribution in [2.45, 2.75) is 64.8 Å². The number of aliphatic hydroxyl groups excluding tert-OH is 1. The van der Waals surface area contributed by atoms with E-state index in [-0.39, 0.29) is 11.7 Å². The van der Waals surface area contributed by atoms with Gasteiger partial charge in [0.15, 0.2) is 0 Å². The molecule has 1 saturated carbocycles. The maximum absolute atomic E-state index is 10.2. The SMILES string of the molecule is CC(=N)/C=C(\O)c1cnc(NC2CCCCC2)nc1C(C)C. The van der Waals surface area contributed by atoms with Gasteiger partial charge in [-0.3, -0.25) is 0 Å². The van der Waals surface area contributed by atoms with Crippen molar-refractivity contribution in [3.05, 3.63) is 23.5 Å². The standard InChI is InChI=1S/C17H26N4O/c1-11(2)16-14(15(22)9-12(3)18)10-19-17(21-16)20-13-7-5-4-6-8-13/h9-11,13,18,22H,4-8H2,1-3H3,(H,19,20,21)/b15-9-,18-12?. The second-order valence-electron chi connectivity index (χ2n) is 6.34. The molecule has 0 spiro atoms. The smallest absolute Gasteiger partial charge is 0.223 e. The van der Waals surface area contributed by atoms with Gasteiger partial charge < -0.3 is 15.8 Å². The minimum absolute atomic E-state index is 0.0559. The molecule has 0 saturated heterocycles. The summed E-state index contributed by atoms with van der Waals surface area (Å²) < 4.78 is 0. The topological polar surface area (TPSA) is 81.9 Å². The Morgan fingerprint density at radius 2 is 2.05 bits per heavy atom. The van der Waals surface area contributed by atoms with Crippen LogP contribution in [-0.4, -0.2) is 26.8 Å². The Morgan fingerprint density at radius 1 is 1.36 bits per heavy atom. The van der Waals surface area contributed by atoms with E-state index in [1.165, 1.54) is 38.2 Å². The first-order valence-electron chi connectivity index (χ1n) is 8.07. The van der Waals surface area contributed by atoms with Gasteiger partial charge in [0.25, 0.3) is 0 Å². The number of hydrogen-bond donors (Lipinski definition) is 3. The molecule has 1 heterocycles. The molecule has 1 fully saturated rings. The molecule has 22 heavy (non-hydrogen) atoms. The summed E-state index contributed by atoms with van der Waals surface area (Å²) in [7, 11) is 0. The van der Waals surface area contributed by atoms with Crippen molar-refractivity contribution < 1.29 is 5.11 Å². The average molecular weight is 302 g/mol. The molecular weight excluding hydrogens is 276 g/mol. The number of nitrogens with one attached hydrogen (secondary N) is 2. The average Bonchev–Trinajstić information content (AvgIpc) is 2.47. The van der Waals surface area contributed by atoms with E-state index in [1.54, 1.807) is 13.1 Å². The highest BCUT2D eigenvalue weighted by atomic mass is 16.3. The minimum Gasteiger partial charge on any atom is -0.507 e. The fraction of sp³-hybridized carbons (Fsp3) is 0.588. The number of anilines is 1. The van der Waals surface area contributed by atoms with Gasteiger partial charge in [-0.2, -0.15) is 0 Å². The zero-order valence-electron chi connectivity index (χ0n) is 13.7. The molecule has 5 heteroatoms. The van der Waals surface area contributed by atoms with E-state index in [9.17, 15) is 5.11 Å². The lowest BCUT2D eigenvalue weighted by Crippen LogP contribution is -2.24. The molecule has 1 aliphatic rings. The second kappa shape index (κ2) is 7.38. The van der Waals surface area contributed by atoms with Crippen LogP contribution in [0.4, 0.5) is 5.95 Å². The van der Waals surface area contributed by atoms with Crippen LogP contribution in [0, 0.1) is 5.41 Å². The maximum Gasteiger partial charge on any atom is 0.223 e. The number of nitrogens with zero attached hydrogens (tertiary/aromatic N) is 2. The highest BCUT2D eigenvalue weighted by Gasteiger charge is 2.17. The molecule has 3 N–H and O–H groups in total. The molecular formula is C17H26N4O. The van der Waals surface area contributed by atoms with Crippen molar-refractivity contribution in [3.63, 3.8) is 0 Å². The van der Waals surface area contributed by atoms with Crippen LogP contribution in [0.25, 0.3) is 5.76 Å². The first-order chi connectivity index (χ1) is 10.5.